The molecule has 0 saturated carbocycles. The normalized spacial score (nSPS) is 18.5. The average Bonchev–Trinajstić information content (AvgIpc) is 3.07. The fourth-order valence-electron chi connectivity index (χ4n) is 3.79. The SMILES string of the molecule is O=c1[nH]c2ccc(S(=O)(=O)NCC3CCCN(Cc4ccccc4)C3)cc2[nH]1. The van der Waals surface area contributed by atoms with Gasteiger partial charge in [0.2, 0.25) is 10.0 Å². The number of benzene rings is 2. The van der Waals surface area contributed by atoms with Crippen LogP contribution in [0.1, 0.15) is 18.4 Å². The Morgan fingerprint density at radius 3 is 2.68 bits per heavy atom. The third-order valence-corrected chi connectivity index (χ3v) is 6.63. The molecule has 2 aromatic carbocycles. The standard InChI is InChI=1S/C20H24N4O3S/c25-20-22-18-9-8-17(11-19(18)23-20)28(26,27)21-12-16-7-4-10-24(14-16)13-15-5-2-1-3-6-15/h1-3,5-6,8-9,11,16,21H,4,7,10,12-14H2,(H2,22,23,25). The smallest absolute Gasteiger partial charge is 0.306 e. The van der Waals surface area contributed by atoms with Crippen LogP contribution in [0.4, 0.5) is 0 Å². The largest absolute Gasteiger partial charge is 0.323 e. The van der Waals surface area contributed by atoms with E-state index in [0.717, 1.165) is 32.5 Å². The van der Waals surface area contributed by atoms with Crippen LogP contribution in [-0.4, -0.2) is 42.9 Å². The number of aromatic amines is 2. The Morgan fingerprint density at radius 1 is 1.07 bits per heavy atom. The van der Waals surface area contributed by atoms with Crippen LogP contribution in [0.2, 0.25) is 0 Å². The zero-order valence-corrected chi connectivity index (χ0v) is 16.3. The molecule has 148 valence electrons. The summed E-state index contributed by atoms with van der Waals surface area (Å²) >= 11 is 0. The molecule has 4 rings (SSSR count). The van der Waals surface area contributed by atoms with Crippen molar-refractivity contribution in [2.45, 2.75) is 24.3 Å². The first-order chi connectivity index (χ1) is 13.5. The fraction of sp³-hybridized carbons (Fsp3) is 0.350. The van der Waals surface area contributed by atoms with Gasteiger partial charge in [0.25, 0.3) is 0 Å². The van der Waals surface area contributed by atoms with E-state index in [2.05, 4.69) is 31.7 Å². The minimum atomic E-state index is -3.62. The summed E-state index contributed by atoms with van der Waals surface area (Å²) in [6, 6.07) is 14.9. The molecule has 0 aliphatic carbocycles. The molecule has 1 saturated heterocycles. The highest BCUT2D eigenvalue weighted by Crippen LogP contribution is 2.20. The lowest BCUT2D eigenvalue weighted by Gasteiger charge is -2.32. The Balaban J connectivity index is 1.38. The van der Waals surface area contributed by atoms with Crippen LogP contribution in [-0.2, 0) is 16.6 Å². The van der Waals surface area contributed by atoms with Gasteiger partial charge in [-0.15, -0.1) is 0 Å². The van der Waals surface area contributed by atoms with Gasteiger partial charge in [0, 0.05) is 19.6 Å². The molecule has 8 heteroatoms. The molecular weight excluding hydrogens is 376 g/mol. The van der Waals surface area contributed by atoms with Gasteiger partial charge in [-0.3, -0.25) is 4.90 Å². The van der Waals surface area contributed by atoms with E-state index < -0.39 is 10.0 Å². The predicted molar refractivity (Wildman–Crippen MR) is 109 cm³/mol. The first-order valence-electron chi connectivity index (χ1n) is 9.47. The number of hydrogen-bond acceptors (Lipinski definition) is 4. The highest BCUT2D eigenvalue weighted by atomic mass is 32.2. The number of sulfonamides is 1. The highest BCUT2D eigenvalue weighted by molar-refractivity contribution is 7.89. The number of nitrogens with zero attached hydrogens (tertiary/aromatic N) is 1. The summed E-state index contributed by atoms with van der Waals surface area (Å²) in [6.07, 6.45) is 2.08. The molecular formula is C20H24N4O3S. The molecule has 2 heterocycles. The van der Waals surface area contributed by atoms with Crippen molar-refractivity contribution in [3.05, 3.63) is 64.6 Å². The monoisotopic (exact) mass is 400 g/mol. The number of H-pyrrole nitrogens is 2. The van der Waals surface area contributed by atoms with Crippen molar-refractivity contribution in [2.75, 3.05) is 19.6 Å². The molecule has 0 amide bonds. The molecule has 1 aliphatic heterocycles. The minimum Gasteiger partial charge on any atom is -0.306 e. The van der Waals surface area contributed by atoms with Gasteiger partial charge in [-0.05, 0) is 49.1 Å². The maximum absolute atomic E-state index is 12.7. The summed E-state index contributed by atoms with van der Waals surface area (Å²) in [5.41, 5.74) is 2.00. The number of imidazole rings is 1. The van der Waals surface area contributed by atoms with Crippen molar-refractivity contribution in [3.8, 4) is 0 Å². The Hall–Kier alpha value is -2.42. The van der Waals surface area contributed by atoms with E-state index in [1.807, 2.05) is 18.2 Å². The molecule has 1 aliphatic rings. The van der Waals surface area contributed by atoms with Gasteiger partial charge in [0.15, 0.2) is 0 Å². The second-order valence-corrected chi connectivity index (χ2v) is 9.13. The maximum atomic E-state index is 12.7. The molecule has 1 fully saturated rings. The second-order valence-electron chi connectivity index (χ2n) is 7.37. The summed E-state index contributed by atoms with van der Waals surface area (Å²) in [6.45, 7) is 3.22. The highest BCUT2D eigenvalue weighted by Gasteiger charge is 2.23. The molecule has 0 spiro atoms. The molecule has 1 unspecified atom stereocenters. The quantitative estimate of drug-likeness (QED) is 0.590. The number of aromatic nitrogens is 2. The van der Waals surface area contributed by atoms with Gasteiger partial charge in [-0.2, -0.15) is 0 Å². The predicted octanol–water partition coefficient (Wildman–Crippen LogP) is 2.05. The first-order valence-corrected chi connectivity index (χ1v) is 11.0. The van der Waals surface area contributed by atoms with Gasteiger partial charge in [0.1, 0.15) is 0 Å². The van der Waals surface area contributed by atoms with E-state index in [1.54, 1.807) is 6.07 Å². The summed E-state index contributed by atoms with van der Waals surface area (Å²) < 4.78 is 28.1. The van der Waals surface area contributed by atoms with Crippen LogP contribution in [0.25, 0.3) is 11.0 Å². The van der Waals surface area contributed by atoms with Crippen molar-refractivity contribution in [1.82, 2.24) is 19.6 Å². The third-order valence-electron chi connectivity index (χ3n) is 5.21. The van der Waals surface area contributed by atoms with Crippen molar-refractivity contribution in [3.63, 3.8) is 0 Å². The van der Waals surface area contributed by atoms with Gasteiger partial charge < -0.3 is 9.97 Å². The topological polar surface area (TPSA) is 98.1 Å². The first kappa shape index (κ1) is 18.9. The summed E-state index contributed by atoms with van der Waals surface area (Å²) in [7, 11) is -3.62. The van der Waals surface area contributed by atoms with E-state index in [-0.39, 0.29) is 16.5 Å². The number of likely N-dealkylation sites (tertiary alicyclic amines) is 1. The van der Waals surface area contributed by atoms with Gasteiger partial charge in [-0.1, -0.05) is 30.3 Å². The summed E-state index contributed by atoms with van der Waals surface area (Å²) in [5, 5.41) is 0. The number of piperidine rings is 1. The zero-order valence-electron chi connectivity index (χ0n) is 15.5. The third kappa shape index (κ3) is 4.35. The van der Waals surface area contributed by atoms with E-state index in [1.165, 1.54) is 17.7 Å². The Morgan fingerprint density at radius 2 is 1.86 bits per heavy atom. The maximum Gasteiger partial charge on any atom is 0.323 e. The Kier molecular flexibility index (Phi) is 5.34. The van der Waals surface area contributed by atoms with Gasteiger partial charge >= 0.3 is 5.69 Å². The van der Waals surface area contributed by atoms with E-state index in [0.29, 0.717) is 17.6 Å². The van der Waals surface area contributed by atoms with Gasteiger partial charge in [-0.25, -0.2) is 17.9 Å². The van der Waals surface area contributed by atoms with Crippen LogP contribution < -0.4 is 10.4 Å². The van der Waals surface area contributed by atoms with Crippen molar-refractivity contribution >= 4 is 21.1 Å². The zero-order chi connectivity index (χ0) is 19.6. The van der Waals surface area contributed by atoms with Crippen LogP contribution >= 0.6 is 0 Å². The Bertz CT molecular complexity index is 1110. The van der Waals surface area contributed by atoms with Crippen molar-refractivity contribution in [1.29, 1.82) is 0 Å². The molecule has 0 radical (unpaired) electrons. The van der Waals surface area contributed by atoms with E-state index >= 15 is 0 Å². The van der Waals surface area contributed by atoms with Gasteiger partial charge in [0.05, 0.1) is 15.9 Å². The molecule has 0 bridgehead atoms. The molecule has 1 aromatic heterocycles. The minimum absolute atomic E-state index is 0.159. The lowest BCUT2D eigenvalue weighted by molar-refractivity contribution is 0.169. The molecule has 7 nitrogen and oxygen atoms in total. The van der Waals surface area contributed by atoms with Crippen LogP contribution in [0.15, 0.2) is 58.2 Å². The number of fused-ring (bicyclic) bond motifs is 1. The lowest BCUT2D eigenvalue weighted by Crippen LogP contribution is -2.40. The molecule has 1 atom stereocenters. The van der Waals surface area contributed by atoms with Crippen LogP contribution in [0.3, 0.4) is 0 Å². The van der Waals surface area contributed by atoms with Crippen molar-refractivity contribution < 1.29 is 8.42 Å². The average molecular weight is 401 g/mol. The number of hydrogen-bond donors (Lipinski definition) is 3. The molecule has 3 aromatic rings. The number of rotatable bonds is 6. The van der Waals surface area contributed by atoms with Crippen LogP contribution in [0.5, 0.6) is 0 Å². The molecule has 3 N–H and O–H groups in total. The van der Waals surface area contributed by atoms with E-state index in [9.17, 15) is 13.2 Å². The summed E-state index contributed by atoms with van der Waals surface area (Å²) in [5.74, 6) is 0.281. The number of nitrogens with one attached hydrogen (secondary N) is 3. The summed E-state index contributed by atoms with van der Waals surface area (Å²) in [4.78, 5) is 19.1. The lowest BCUT2D eigenvalue weighted by atomic mass is 9.98. The second kappa shape index (κ2) is 7.90. The van der Waals surface area contributed by atoms with E-state index in [4.69, 9.17) is 0 Å². The fourth-order valence-corrected chi connectivity index (χ4v) is 4.93. The Labute approximate surface area is 163 Å². The molecule has 28 heavy (non-hydrogen) atoms. The van der Waals surface area contributed by atoms with Crippen LogP contribution in [0, 0.1) is 5.92 Å². The van der Waals surface area contributed by atoms with Crippen molar-refractivity contribution in [2.24, 2.45) is 5.92 Å².